The van der Waals surface area contributed by atoms with E-state index in [9.17, 15) is 9.59 Å². The van der Waals surface area contributed by atoms with Crippen LogP contribution < -0.4 is 14.8 Å². The van der Waals surface area contributed by atoms with E-state index in [1.54, 1.807) is 38.4 Å². The summed E-state index contributed by atoms with van der Waals surface area (Å²) < 4.78 is 10.5. The van der Waals surface area contributed by atoms with E-state index in [-0.39, 0.29) is 18.2 Å². The summed E-state index contributed by atoms with van der Waals surface area (Å²) in [4.78, 5) is 31.2. The van der Waals surface area contributed by atoms with Gasteiger partial charge in [0.05, 0.1) is 25.6 Å². The standard InChI is InChI=1S/C20H21N3O4S/c1-23-18(24)12-17(19(25)22-15-9-4-5-10-16(15)27-3)28-20(23)21-13-7-6-8-14(11-13)26-2/h4-11,17H,12H2,1-3H3,(H,22,25). The lowest BCUT2D eigenvalue weighted by Gasteiger charge is -2.29. The molecule has 0 radical (unpaired) electrons. The van der Waals surface area contributed by atoms with E-state index in [1.807, 2.05) is 24.3 Å². The molecule has 1 saturated heterocycles. The minimum Gasteiger partial charge on any atom is -0.497 e. The van der Waals surface area contributed by atoms with Crippen LogP contribution in [0, 0.1) is 0 Å². The second-order valence-corrected chi connectivity index (χ2v) is 7.22. The van der Waals surface area contributed by atoms with Crippen molar-refractivity contribution in [1.29, 1.82) is 0 Å². The van der Waals surface area contributed by atoms with Gasteiger partial charge in [0.1, 0.15) is 16.7 Å². The molecule has 1 unspecified atom stereocenters. The highest BCUT2D eigenvalue weighted by atomic mass is 32.2. The van der Waals surface area contributed by atoms with Gasteiger partial charge in [-0.15, -0.1) is 0 Å². The van der Waals surface area contributed by atoms with Crippen molar-refractivity contribution in [2.75, 3.05) is 26.6 Å². The zero-order valence-electron chi connectivity index (χ0n) is 15.8. The number of carbonyl (C=O) groups is 2. The molecule has 7 nitrogen and oxygen atoms in total. The van der Waals surface area contributed by atoms with Crippen LogP contribution in [0.4, 0.5) is 11.4 Å². The van der Waals surface area contributed by atoms with Gasteiger partial charge in [0.25, 0.3) is 0 Å². The van der Waals surface area contributed by atoms with E-state index in [0.717, 1.165) is 0 Å². The summed E-state index contributed by atoms with van der Waals surface area (Å²) in [6.07, 6.45) is 0.0965. The zero-order chi connectivity index (χ0) is 20.1. The van der Waals surface area contributed by atoms with Gasteiger partial charge < -0.3 is 14.8 Å². The number of para-hydroxylation sites is 2. The van der Waals surface area contributed by atoms with E-state index in [1.165, 1.54) is 23.8 Å². The van der Waals surface area contributed by atoms with Crippen molar-refractivity contribution < 1.29 is 19.1 Å². The van der Waals surface area contributed by atoms with Gasteiger partial charge in [0, 0.05) is 19.5 Å². The molecular formula is C20H21N3O4S. The lowest BCUT2D eigenvalue weighted by Crippen LogP contribution is -2.43. The first kappa shape index (κ1) is 19.8. The summed E-state index contributed by atoms with van der Waals surface area (Å²) in [7, 11) is 4.77. The first-order chi connectivity index (χ1) is 13.5. The van der Waals surface area contributed by atoms with Gasteiger partial charge >= 0.3 is 0 Å². The van der Waals surface area contributed by atoms with Crippen LogP contribution in [0.3, 0.4) is 0 Å². The number of rotatable bonds is 5. The van der Waals surface area contributed by atoms with Gasteiger partial charge in [0.2, 0.25) is 11.8 Å². The lowest BCUT2D eigenvalue weighted by molar-refractivity contribution is -0.128. The minimum absolute atomic E-state index is 0.0965. The minimum atomic E-state index is -0.585. The lowest BCUT2D eigenvalue weighted by atomic mass is 10.2. The number of hydrogen-bond acceptors (Lipinski definition) is 6. The number of amides is 2. The normalized spacial score (nSPS) is 18.1. The van der Waals surface area contributed by atoms with Gasteiger partial charge in [-0.05, 0) is 24.3 Å². The number of hydrogen-bond donors (Lipinski definition) is 1. The number of anilines is 1. The van der Waals surface area contributed by atoms with Gasteiger partial charge in [-0.1, -0.05) is 30.0 Å². The second kappa shape index (κ2) is 8.79. The van der Waals surface area contributed by atoms with Crippen LogP contribution in [0.2, 0.25) is 0 Å². The van der Waals surface area contributed by atoms with Crippen LogP contribution in [0.5, 0.6) is 11.5 Å². The maximum absolute atomic E-state index is 12.8. The second-order valence-electron chi connectivity index (χ2n) is 6.05. The number of nitrogens with zero attached hydrogens (tertiary/aromatic N) is 2. The van der Waals surface area contributed by atoms with Crippen LogP contribution in [0.25, 0.3) is 0 Å². The van der Waals surface area contributed by atoms with Crippen molar-refractivity contribution in [3.63, 3.8) is 0 Å². The highest BCUT2D eigenvalue weighted by molar-refractivity contribution is 8.15. The van der Waals surface area contributed by atoms with Gasteiger partial charge in [-0.25, -0.2) is 4.99 Å². The average Bonchev–Trinajstić information content (AvgIpc) is 2.71. The van der Waals surface area contributed by atoms with Crippen LogP contribution in [-0.4, -0.2) is 48.4 Å². The SMILES string of the molecule is COc1cccc(N=C2SC(C(=O)Nc3ccccc3OC)CC(=O)N2C)c1. The molecular weight excluding hydrogens is 378 g/mol. The molecule has 1 N–H and O–H groups in total. The van der Waals surface area contributed by atoms with Gasteiger partial charge in [-0.2, -0.15) is 0 Å². The molecule has 1 heterocycles. The first-order valence-electron chi connectivity index (χ1n) is 8.61. The summed E-state index contributed by atoms with van der Waals surface area (Å²) in [5.74, 6) is 0.794. The number of thioether (sulfide) groups is 1. The Morgan fingerprint density at radius 1 is 1.18 bits per heavy atom. The Labute approximate surface area is 167 Å². The van der Waals surface area contributed by atoms with E-state index in [0.29, 0.717) is 28.0 Å². The van der Waals surface area contributed by atoms with Crippen LogP contribution in [0.1, 0.15) is 6.42 Å². The third-order valence-electron chi connectivity index (χ3n) is 4.20. The molecule has 0 bridgehead atoms. The Morgan fingerprint density at radius 3 is 2.71 bits per heavy atom. The fraction of sp³-hybridized carbons (Fsp3) is 0.250. The fourth-order valence-electron chi connectivity index (χ4n) is 2.65. The molecule has 3 rings (SSSR count). The Hall–Kier alpha value is -3.00. The molecule has 1 atom stereocenters. The summed E-state index contributed by atoms with van der Waals surface area (Å²) in [5, 5.41) is 2.72. The predicted molar refractivity (Wildman–Crippen MR) is 110 cm³/mol. The van der Waals surface area contributed by atoms with Crippen molar-refractivity contribution in [2.45, 2.75) is 11.7 Å². The molecule has 1 aliphatic rings. The highest BCUT2D eigenvalue weighted by Gasteiger charge is 2.34. The van der Waals surface area contributed by atoms with Crippen LogP contribution in [-0.2, 0) is 9.59 Å². The number of aliphatic imine (C=N–C) groups is 1. The molecule has 0 aliphatic carbocycles. The summed E-state index contributed by atoms with van der Waals surface area (Å²) in [6, 6.07) is 14.4. The molecule has 146 valence electrons. The Bertz CT molecular complexity index is 916. The predicted octanol–water partition coefficient (Wildman–Crippen LogP) is 3.29. The molecule has 1 fully saturated rings. The molecule has 2 aromatic carbocycles. The Kier molecular flexibility index (Phi) is 6.20. The monoisotopic (exact) mass is 399 g/mol. The fourth-order valence-corrected chi connectivity index (χ4v) is 3.71. The van der Waals surface area contributed by atoms with Crippen molar-refractivity contribution in [3.8, 4) is 11.5 Å². The Morgan fingerprint density at radius 2 is 1.96 bits per heavy atom. The summed E-state index contributed by atoms with van der Waals surface area (Å²) >= 11 is 1.25. The van der Waals surface area contributed by atoms with E-state index < -0.39 is 5.25 Å². The van der Waals surface area contributed by atoms with Crippen molar-refractivity contribution >= 4 is 40.1 Å². The smallest absolute Gasteiger partial charge is 0.238 e. The summed E-state index contributed by atoms with van der Waals surface area (Å²) in [6.45, 7) is 0. The maximum Gasteiger partial charge on any atom is 0.238 e. The third-order valence-corrected chi connectivity index (χ3v) is 5.45. The number of methoxy groups -OCH3 is 2. The van der Waals surface area contributed by atoms with Gasteiger partial charge in [0.15, 0.2) is 5.17 Å². The maximum atomic E-state index is 12.8. The molecule has 8 heteroatoms. The molecule has 2 aromatic rings. The highest BCUT2D eigenvalue weighted by Crippen LogP contribution is 2.31. The van der Waals surface area contributed by atoms with E-state index >= 15 is 0 Å². The third kappa shape index (κ3) is 4.45. The number of benzene rings is 2. The molecule has 28 heavy (non-hydrogen) atoms. The number of carbonyl (C=O) groups excluding carboxylic acids is 2. The number of nitrogens with one attached hydrogen (secondary N) is 1. The zero-order valence-corrected chi connectivity index (χ0v) is 16.7. The first-order valence-corrected chi connectivity index (χ1v) is 9.49. The largest absolute Gasteiger partial charge is 0.497 e. The van der Waals surface area contributed by atoms with E-state index in [2.05, 4.69) is 10.3 Å². The van der Waals surface area contributed by atoms with Crippen molar-refractivity contribution in [3.05, 3.63) is 48.5 Å². The van der Waals surface area contributed by atoms with Crippen molar-refractivity contribution in [1.82, 2.24) is 4.90 Å². The number of amidine groups is 1. The quantitative estimate of drug-likeness (QED) is 0.835. The van der Waals surface area contributed by atoms with Crippen LogP contribution >= 0.6 is 11.8 Å². The summed E-state index contributed by atoms with van der Waals surface area (Å²) in [5.41, 5.74) is 1.21. The molecule has 0 aromatic heterocycles. The van der Waals surface area contributed by atoms with Crippen LogP contribution in [0.15, 0.2) is 53.5 Å². The molecule has 0 saturated carbocycles. The molecule has 0 spiro atoms. The molecule has 2 amide bonds. The Balaban J connectivity index is 1.80. The number of ether oxygens (including phenoxy) is 2. The van der Waals surface area contributed by atoms with E-state index in [4.69, 9.17) is 9.47 Å². The average molecular weight is 399 g/mol. The molecule has 1 aliphatic heterocycles. The topological polar surface area (TPSA) is 80.2 Å². The van der Waals surface area contributed by atoms with Crippen molar-refractivity contribution in [2.24, 2.45) is 4.99 Å². The van der Waals surface area contributed by atoms with Gasteiger partial charge in [-0.3, -0.25) is 14.5 Å².